The number of rotatable bonds is 4. The van der Waals surface area contributed by atoms with E-state index in [0.29, 0.717) is 12.0 Å². The lowest BCUT2D eigenvalue weighted by Crippen LogP contribution is -2.12. The maximum absolute atomic E-state index is 13.2. The van der Waals surface area contributed by atoms with E-state index in [9.17, 15) is 4.39 Å². The van der Waals surface area contributed by atoms with Gasteiger partial charge in [-0.15, -0.1) is 0 Å². The van der Waals surface area contributed by atoms with Crippen molar-refractivity contribution in [3.63, 3.8) is 0 Å². The molecule has 0 saturated carbocycles. The van der Waals surface area contributed by atoms with Gasteiger partial charge in [0, 0.05) is 18.2 Å². The number of aliphatic hydroxyl groups is 2. The maximum Gasteiger partial charge on any atom is 0.129 e. The SMILES string of the molecule is N[C@H](CCO)c1ccc(CO)c(F)c1. The highest BCUT2D eigenvalue weighted by Gasteiger charge is 2.08. The predicted molar refractivity (Wildman–Crippen MR) is 51.0 cm³/mol. The van der Waals surface area contributed by atoms with Crippen LogP contribution in [0.2, 0.25) is 0 Å². The normalized spacial score (nSPS) is 12.9. The Labute approximate surface area is 82.0 Å². The van der Waals surface area contributed by atoms with Crippen LogP contribution in [0, 0.1) is 5.82 Å². The van der Waals surface area contributed by atoms with E-state index in [1.54, 1.807) is 6.07 Å². The lowest BCUT2D eigenvalue weighted by Gasteiger charge is -2.11. The van der Waals surface area contributed by atoms with Crippen molar-refractivity contribution in [1.82, 2.24) is 0 Å². The van der Waals surface area contributed by atoms with Gasteiger partial charge in [0.05, 0.1) is 6.61 Å². The number of nitrogens with two attached hydrogens (primary N) is 1. The molecule has 0 fully saturated rings. The molecule has 0 unspecified atom stereocenters. The summed E-state index contributed by atoms with van der Waals surface area (Å²) in [5.74, 6) is -0.460. The molecule has 0 aliphatic carbocycles. The van der Waals surface area contributed by atoms with Crippen LogP contribution in [0.5, 0.6) is 0 Å². The van der Waals surface area contributed by atoms with Gasteiger partial charge in [-0.05, 0) is 18.1 Å². The molecule has 0 saturated heterocycles. The molecule has 78 valence electrons. The van der Waals surface area contributed by atoms with Crippen molar-refractivity contribution in [1.29, 1.82) is 0 Å². The second kappa shape index (κ2) is 5.05. The third kappa shape index (κ3) is 2.51. The number of halogens is 1. The third-order valence-corrected chi connectivity index (χ3v) is 2.12. The molecule has 0 radical (unpaired) electrons. The highest BCUT2D eigenvalue weighted by Crippen LogP contribution is 2.17. The molecule has 0 bridgehead atoms. The van der Waals surface area contributed by atoms with Crippen LogP contribution < -0.4 is 5.73 Å². The summed E-state index contributed by atoms with van der Waals surface area (Å²) < 4.78 is 13.2. The fourth-order valence-corrected chi connectivity index (χ4v) is 1.23. The predicted octanol–water partition coefficient (Wildman–Crippen LogP) is 0.700. The molecule has 1 atom stereocenters. The number of aliphatic hydroxyl groups excluding tert-OH is 2. The maximum atomic E-state index is 13.2. The van der Waals surface area contributed by atoms with Crippen LogP contribution in [0.1, 0.15) is 23.6 Å². The number of hydrogen-bond acceptors (Lipinski definition) is 3. The lowest BCUT2D eigenvalue weighted by atomic mass is 10.0. The molecule has 0 aliphatic rings. The summed E-state index contributed by atoms with van der Waals surface area (Å²) in [4.78, 5) is 0. The first kappa shape index (κ1) is 11.1. The Hall–Kier alpha value is -0.970. The van der Waals surface area contributed by atoms with E-state index >= 15 is 0 Å². The van der Waals surface area contributed by atoms with Crippen LogP contribution in [-0.4, -0.2) is 16.8 Å². The van der Waals surface area contributed by atoms with Crippen molar-refractivity contribution >= 4 is 0 Å². The molecule has 3 nitrogen and oxygen atoms in total. The van der Waals surface area contributed by atoms with Gasteiger partial charge in [-0.2, -0.15) is 0 Å². The van der Waals surface area contributed by atoms with Gasteiger partial charge in [-0.1, -0.05) is 12.1 Å². The van der Waals surface area contributed by atoms with Crippen molar-refractivity contribution < 1.29 is 14.6 Å². The second-order valence-corrected chi connectivity index (χ2v) is 3.13. The highest BCUT2D eigenvalue weighted by atomic mass is 19.1. The summed E-state index contributed by atoms with van der Waals surface area (Å²) in [7, 11) is 0. The molecule has 4 heteroatoms. The molecule has 0 heterocycles. The van der Waals surface area contributed by atoms with Crippen molar-refractivity contribution in [2.24, 2.45) is 5.73 Å². The average Bonchev–Trinajstić information content (AvgIpc) is 2.18. The van der Waals surface area contributed by atoms with Gasteiger partial charge >= 0.3 is 0 Å². The summed E-state index contributed by atoms with van der Waals surface area (Å²) >= 11 is 0. The third-order valence-electron chi connectivity index (χ3n) is 2.12. The van der Waals surface area contributed by atoms with E-state index in [1.807, 2.05) is 0 Å². The standard InChI is InChI=1S/C10H14FNO2/c11-9-5-7(10(12)3-4-13)1-2-8(9)6-14/h1-2,5,10,13-14H,3-4,6,12H2/t10-/m1/s1. The Balaban J connectivity index is 2.85. The van der Waals surface area contributed by atoms with Crippen LogP contribution >= 0.6 is 0 Å². The van der Waals surface area contributed by atoms with Gasteiger partial charge < -0.3 is 15.9 Å². The Bertz CT molecular complexity index is 304. The molecule has 0 amide bonds. The Morgan fingerprint density at radius 2 is 2.07 bits per heavy atom. The quantitative estimate of drug-likeness (QED) is 0.668. The summed E-state index contributed by atoms with van der Waals surface area (Å²) in [5.41, 5.74) is 6.56. The average molecular weight is 199 g/mol. The first-order valence-corrected chi connectivity index (χ1v) is 4.44. The first-order valence-electron chi connectivity index (χ1n) is 4.44. The minimum atomic E-state index is -0.460. The summed E-state index contributed by atoms with van der Waals surface area (Å²) in [6.45, 7) is -0.341. The fourth-order valence-electron chi connectivity index (χ4n) is 1.23. The molecule has 14 heavy (non-hydrogen) atoms. The van der Waals surface area contributed by atoms with Crippen LogP contribution in [0.4, 0.5) is 4.39 Å². The summed E-state index contributed by atoms with van der Waals surface area (Å²) in [6, 6.07) is 4.10. The molecular formula is C10H14FNO2. The van der Waals surface area contributed by atoms with Crippen molar-refractivity contribution in [2.75, 3.05) is 6.61 Å². The van der Waals surface area contributed by atoms with Gasteiger partial charge in [0.25, 0.3) is 0 Å². The molecule has 0 aliphatic heterocycles. The van der Waals surface area contributed by atoms with Gasteiger partial charge in [-0.3, -0.25) is 0 Å². The molecule has 1 rings (SSSR count). The van der Waals surface area contributed by atoms with E-state index < -0.39 is 5.82 Å². The Kier molecular flexibility index (Phi) is 4.00. The van der Waals surface area contributed by atoms with Crippen molar-refractivity contribution in [2.45, 2.75) is 19.1 Å². The smallest absolute Gasteiger partial charge is 0.129 e. The molecular weight excluding hydrogens is 185 g/mol. The first-order chi connectivity index (χ1) is 6.69. The number of hydrogen-bond donors (Lipinski definition) is 3. The van der Waals surface area contributed by atoms with Crippen LogP contribution in [-0.2, 0) is 6.61 Å². The molecule has 1 aromatic rings. The van der Waals surface area contributed by atoms with Crippen LogP contribution in [0.15, 0.2) is 18.2 Å². The van der Waals surface area contributed by atoms with Crippen molar-refractivity contribution in [3.8, 4) is 0 Å². The zero-order valence-electron chi connectivity index (χ0n) is 7.78. The lowest BCUT2D eigenvalue weighted by molar-refractivity contribution is 0.273. The van der Waals surface area contributed by atoms with Crippen molar-refractivity contribution in [3.05, 3.63) is 35.1 Å². The van der Waals surface area contributed by atoms with Gasteiger partial charge in [0.2, 0.25) is 0 Å². The fraction of sp³-hybridized carbons (Fsp3) is 0.400. The van der Waals surface area contributed by atoms with E-state index in [4.69, 9.17) is 15.9 Å². The van der Waals surface area contributed by atoms with E-state index in [0.717, 1.165) is 0 Å². The Morgan fingerprint density at radius 3 is 2.57 bits per heavy atom. The largest absolute Gasteiger partial charge is 0.396 e. The summed E-state index contributed by atoms with van der Waals surface area (Å²) in [5, 5.41) is 17.4. The second-order valence-electron chi connectivity index (χ2n) is 3.13. The molecule has 1 aromatic carbocycles. The van der Waals surface area contributed by atoms with Gasteiger partial charge in [0.15, 0.2) is 0 Å². The Morgan fingerprint density at radius 1 is 1.36 bits per heavy atom. The van der Waals surface area contributed by atoms with E-state index in [-0.39, 0.29) is 24.8 Å². The topological polar surface area (TPSA) is 66.5 Å². The van der Waals surface area contributed by atoms with Gasteiger partial charge in [-0.25, -0.2) is 4.39 Å². The molecule has 0 spiro atoms. The number of benzene rings is 1. The minimum Gasteiger partial charge on any atom is -0.396 e. The zero-order chi connectivity index (χ0) is 10.6. The van der Waals surface area contributed by atoms with E-state index in [1.165, 1.54) is 12.1 Å². The minimum absolute atomic E-state index is 0.0233. The van der Waals surface area contributed by atoms with Crippen LogP contribution in [0.3, 0.4) is 0 Å². The van der Waals surface area contributed by atoms with E-state index in [2.05, 4.69) is 0 Å². The van der Waals surface area contributed by atoms with Crippen LogP contribution in [0.25, 0.3) is 0 Å². The molecule has 0 aromatic heterocycles. The summed E-state index contributed by atoms with van der Waals surface area (Å²) in [6.07, 6.45) is 0.401. The molecule has 4 N–H and O–H groups in total. The zero-order valence-corrected chi connectivity index (χ0v) is 7.78. The van der Waals surface area contributed by atoms with Gasteiger partial charge in [0.1, 0.15) is 5.82 Å². The highest BCUT2D eigenvalue weighted by molar-refractivity contribution is 5.26. The monoisotopic (exact) mass is 199 g/mol.